The normalized spacial score (nSPS) is 25.6. The van der Waals surface area contributed by atoms with Crippen LogP contribution in [0.25, 0.3) is 11.0 Å². The molecule has 1 aliphatic carbocycles. The number of fused-ring (bicyclic) bond motifs is 1. The zero-order valence-corrected chi connectivity index (χ0v) is 11.1. The first kappa shape index (κ1) is 12.7. The molecule has 2 nitrogen and oxygen atoms in total. The van der Waals surface area contributed by atoms with Crippen LogP contribution in [0.4, 0.5) is 4.39 Å². The van der Waals surface area contributed by atoms with E-state index in [9.17, 15) is 9.50 Å². The SMILES string of the molecule is CC1CCCC(C(O)c2cc3cccc(F)c3o2)C1. The lowest BCUT2D eigenvalue weighted by Crippen LogP contribution is -2.19. The third-order valence-electron chi connectivity index (χ3n) is 4.23. The molecule has 0 amide bonds. The molecule has 0 radical (unpaired) electrons. The topological polar surface area (TPSA) is 33.4 Å². The molecule has 19 heavy (non-hydrogen) atoms. The fourth-order valence-corrected chi connectivity index (χ4v) is 3.19. The lowest BCUT2D eigenvalue weighted by molar-refractivity contribution is 0.0549. The molecule has 1 N–H and O–H groups in total. The first-order chi connectivity index (χ1) is 9.15. The Morgan fingerprint density at radius 1 is 1.37 bits per heavy atom. The monoisotopic (exact) mass is 262 g/mol. The molecule has 0 bridgehead atoms. The Hall–Kier alpha value is -1.35. The molecule has 0 aliphatic heterocycles. The fraction of sp³-hybridized carbons (Fsp3) is 0.500. The molecule has 1 fully saturated rings. The highest BCUT2D eigenvalue weighted by Gasteiger charge is 2.28. The van der Waals surface area contributed by atoms with Crippen LogP contribution in [0.5, 0.6) is 0 Å². The Labute approximate surface area is 112 Å². The van der Waals surface area contributed by atoms with Gasteiger partial charge in [0, 0.05) is 5.39 Å². The minimum atomic E-state index is -0.616. The summed E-state index contributed by atoms with van der Waals surface area (Å²) in [5.41, 5.74) is 0.250. The van der Waals surface area contributed by atoms with Crippen LogP contribution < -0.4 is 0 Å². The van der Waals surface area contributed by atoms with Crippen molar-refractivity contribution in [2.75, 3.05) is 0 Å². The van der Waals surface area contributed by atoms with E-state index in [-0.39, 0.29) is 17.3 Å². The van der Waals surface area contributed by atoms with Crippen LogP contribution in [-0.4, -0.2) is 5.11 Å². The van der Waals surface area contributed by atoms with Crippen molar-refractivity contribution in [3.05, 3.63) is 35.8 Å². The van der Waals surface area contributed by atoms with Crippen molar-refractivity contribution >= 4 is 11.0 Å². The summed E-state index contributed by atoms with van der Waals surface area (Å²) in [6, 6.07) is 6.61. The van der Waals surface area contributed by atoms with Crippen LogP contribution in [0, 0.1) is 17.7 Å². The second-order valence-electron chi connectivity index (χ2n) is 5.78. The van der Waals surface area contributed by atoms with Gasteiger partial charge in [0.2, 0.25) is 0 Å². The zero-order valence-electron chi connectivity index (χ0n) is 11.1. The maximum Gasteiger partial charge on any atom is 0.170 e. The average molecular weight is 262 g/mol. The van der Waals surface area contributed by atoms with Crippen LogP contribution in [0.15, 0.2) is 28.7 Å². The first-order valence-corrected chi connectivity index (χ1v) is 7.01. The summed E-state index contributed by atoms with van der Waals surface area (Å²) in [7, 11) is 0. The maximum absolute atomic E-state index is 13.6. The van der Waals surface area contributed by atoms with E-state index in [1.54, 1.807) is 12.1 Å². The van der Waals surface area contributed by atoms with Crippen LogP contribution in [-0.2, 0) is 0 Å². The largest absolute Gasteiger partial charge is 0.455 e. The van der Waals surface area contributed by atoms with Crippen molar-refractivity contribution in [2.24, 2.45) is 11.8 Å². The summed E-state index contributed by atoms with van der Waals surface area (Å²) in [5.74, 6) is 1.01. The molecule has 3 heteroatoms. The summed E-state index contributed by atoms with van der Waals surface area (Å²) in [4.78, 5) is 0. The number of rotatable bonds is 2. The number of aliphatic hydroxyl groups is 1. The zero-order chi connectivity index (χ0) is 13.4. The minimum absolute atomic E-state index is 0.229. The van der Waals surface area contributed by atoms with Gasteiger partial charge >= 0.3 is 0 Å². The number of benzene rings is 1. The van der Waals surface area contributed by atoms with E-state index in [1.807, 2.05) is 6.07 Å². The van der Waals surface area contributed by atoms with Crippen LogP contribution in [0.1, 0.15) is 44.5 Å². The van der Waals surface area contributed by atoms with Gasteiger partial charge in [0.1, 0.15) is 11.9 Å². The quantitative estimate of drug-likeness (QED) is 0.868. The maximum atomic E-state index is 13.6. The molecule has 0 spiro atoms. The van der Waals surface area contributed by atoms with Gasteiger partial charge in [-0.1, -0.05) is 31.9 Å². The Bertz CT molecular complexity index is 575. The predicted octanol–water partition coefficient (Wildman–Crippen LogP) is 4.43. The number of furan rings is 1. The molecule has 3 atom stereocenters. The summed E-state index contributed by atoms with van der Waals surface area (Å²) in [5, 5.41) is 11.2. The summed E-state index contributed by atoms with van der Waals surface area (Å²) < 4.78 is 19.1. The van der Waals surface area contributed by atoms with E-state index in [0.717, 1.165) is 24.6 Å². The smallest absolute Gasteiger partial charge is 0.170 e. The summed E-state index contributed by atoms with van der Waals surface area (Å²) in [6.45, 7) is 2.22. The van der Waals surface area contributed by atoms with Gasteiger partial charge < -0.3 is 9.52 Å². The lowest BCUT2D eigenvalue weighted by Gasteiger charge is -2.29. The highest BCUT2D eigenvalue weighted by atomic mass is 19.1. The third-order valence-corrected chi connectivity index (χ3v) is 4.23. The van der Waals surface area contributed by atoms with Crippen molar-refractivity contribution < 1.29 is 13.9 Å². The standard InChI is InChI=1S/C16H19FO2/c1-10-4-2-5-11(8-10)15(18)14-9-12-6-3-7-13(17)16(12)19-14/h3,6-7,9-11,15,18H,2,4-5,8H2,1H3. The van der Waals surface area contributed by atoms with Crippen molar-refractivity contribution in [2.45, 2.75) is 38.7 Å². The molecule has 102 valence electrons. The number of para-hydroxylation sites is 1. The van der Waals surface area contributed by atoms with Gasteiger partial charge in [-0.05, 0) is 36.8 Å². The fourth-order valence-electron chi connectivity index (χ4n) is 3.19. The summed E-state index contributed by atoms with van der Waals surface area (Å²) in [6.07, 6.45) is 3.80. The Morgan fingerprint density at radius 3 is 2.95 bits per heavy atom. The van der Waals surface area contributed by atoms with Crippen LogP contribution in [0.3, 0.4) is 0 Å². The van der Waals surface area contributed by atoms with Gasteiger partial charge in [-0.25, -0.2) is 4.39 Å². The Balaban J connectivity index is 1.88. The highest BCUT2D eigenvalue weighted by Crippen LogP contribution is 2.38. The van der Waals surface area contributed by atoms with Gasteiger partial charge in [0.25, 0.3) is 0 Å². The Morgan fingerprint density at radius 2 is 2.21 bits per heavy atom. The van der Waals surface area contributed by atoms with Gasteiger partial charge in [0.15, 0.2) is 11.4 Å². The molecule has 0 saturated heterocycles. The second kappa shape index (κ2) is 4.97. The molecule has 3 unspecified atom stereocenters. The van der Waals surface area contributed by atoms with Crippen molar-refractivity contribution in [1.82, 2.24) is 0 Å². The van der Waals surface area contributed by atoms with Crippen molar-refractivity contribution in [3.63, 3.8) is 0 Å². The van der Waals surface area contributed by atoms with E-state index >= 15 is 0 Å². The lowest BCUT2D eigenvalue weighted by atomic mass is 9.79. The number of hydrogen-bond acceptors (Lipinski definition) is 2. The molecule has 1 aromatic heterocycles. The number of aliphatic hydroxyl groups excluding tert-OH is 1. The van der Waals surface area contributed by atoms with Crippen molar-refractivity contribution in [3.8, 4) is 0 Å². The van der Waals surface area contributed by atoms with Gasteiger partial charge in [0.05, 0.1) is 0 Å². The third kappa shape index (κ3) is 2.39. The van der Waals surface area contributed by atoms with E-state index in [2.05, 4.69) is 6.92 Å². The van der Waals surface area contributed by atoms with Gasteiger partial charge in [-0.3, -0.25) is 0 Å². The van der Waals surface area contributed by atoms with E-state index in [0.29, 0.717) is 11.7 Å². The van der Waals surface area contributed by atoms with Crippen molar-refractivity contribution in [1.29, 1.82) is 0 Å². The molecular weight excluding hydrogens is 243 g/mol. The number of halogens is 1. The molecule has 2 aromatic rings. The second-order valence-corrected chi connectivity index (χ2v) is 5.78. The van der Waals surface area contributed by atoms with E-state index in [4.69, 9.17) is 4.42 Å². The Kier molecular flexibility index (Phi) is 3.31. The van der Waals surface area contributed by atoms with Crippen LogP contribution >= 0.6 is 0 Å². The first-order valence-electron chi connectivity index (χ1n) is 7.01. The highest BCUT2D eigenvalue weighted by molar-refractivity contribution is 5.78. The number of hydrogen-bond donors (Lipinski definition) is 1. The molecule has 3 rings (SSSR count). The minimum Gasteiger partial charge on any atom is -0.455 e. The molecular formula is C16H19FO2. The molecule has 1 aromatic carbocycles. The molecule has 1 saturated carbocycles. The van der Waals surface area contributed by atoms with Crippen LogP contribution in [0.2, 0.25) is 0 Å². The summed E-state index contributed by atoms with van der Waals surface area (Å²) >= 11 is 0. The predicted molar refractivity (Wildman–Crippen MR) is 72.3 cm³/mol. The van der Waals surface area contributed by atoms with Gasteiger partial charge in [-0.2, -0.15) is 0 Å². The molecule has 1 heterocycles. The average Bonchev–Trinajstić information content (AvgIpc) is 2.83. The molecule has 1 aliphatic rings. The van der Waals surface area contributed by atoms with E-state index < -0.39 is 6.10 Å². The van der Waals surface area contributed by atoms with E-state index in [1.165, 1.54) is 12.5 Å². The van der Waals surface area contributed by atoms with Gasteiger partial charge in [-0.15, -0.1) is 0 Å².